The van der Waals surface area contributed by atoms with Crippen molar-refractivity contribution >= 4 is 11.8 Å². The van der Waals surface area contributed by atoms with Crippen LogP contribution in [-0.2, 0) is 16.0 Å². The van der Waals surface area contributed by atoms with Gasteiger partial charge in [-0.25, -0.2) is 0 Å². The van der Waals surface area contributed by atoms with Gasteiger partial charge in [-0.15, -0.1) is 0 Å². The van der Waals surface area contributed by atoms with E-state index in [1.54, 1.807) is 0 Å². The van der Waals surface area contributed by atoms with Gasteiger partial charge in [0.25, 0.3) is 0 Å². The van der Waals surface area contributed by atoms with Crippen LogP contribution in [-0.4, -0.2) is 24.9 Å². The van der Waals surface area contributed by atoms with Crippen molar-refractivity contribution in [2.24, 2.45) is 17.8 Å². The van der Waals surface area contributed by atoms with Crippen molar-refractivity contribution in [3.63, 3.8) is 0 Å². The van der Waals surface area contributed by atoms with Crippen LogP contribution in [0.3, 0.4) is 0 Å². The second-order valence-corrected chi connectivity index (χ2v) is 6.48. The molecule has 0 saturated carbocycles. The number of nitrogens with one attached hydrogen (secondary N) is 2. The lowest BCUT2D eigenvalue weighted by Crippen LogP contribution is -2.44. The number of carbonyl (C=O) groups excluding carboxylic acids is 2. The fourth-order valence-electron chi connectivity index (χ4n) is 2.79. The van der Waals surface area contributed by atoms with Crippen LogP contribution in [0.2, 0.25) is 0 Å². The molecule has 1 aliphatic heterocycles. The zero-order valence-corrected chi connectivity index (χ0v) is 13.5. The predicted molar refractivity (Wildman–Crippen MR) is 87.2 cm³/mol. The molecule has 2 N–H and O–H groups in total. The topological polar surface area (TPSA) is 58.2 Å². The molecule has 0 radical (unpaired) electrons. The molecule has 0 unspecified atom stereocenters. The molecule has 4 nitrogen and oxygen atoms in total. The van der Waals surface area contributed by atoms with Gasteiger partial charge in [-0.05, 0) is 30.2 Å². The monoisotopic (exact) mass is 302 g/mol. The first-order valence-corrected chi connectivity index (χ1v) is 8.14. The van der Waals surface area contributed by atoms with Crippen molar-refractivity contribution < 1.29 is 9.59 Å². The van der Waals surface area contributed by atoms with Crippen LogP contribution in [0.25, 0.3) is 0 Å². The summed E-state index contributed by atoms with van der Waals surface area (Å²) < 4.78 is 0. The fraction of sp³-hybridized carbons (Fsp3) is 0.556. The maximum Gasteiger partial charge on any atom is 0.224 e. The largest absolute Gasteiger partial charge is 0.356 e. The average molecular weight is 302 g/mol. The molecule has 2 amide bonds. The van der Waals surface area contributed by atoms with Crippen LogP contribution in [0.5, 0.6) is 0 Å². The van der Waals surface area contributed by atoms with E-state index in [2.05, 4.69) is 48.7 Å². The van der Waals surface area contributed by atoms with Crippen molar-refractivity contribution in [2.45, 2.75) is 33.1 Å². The van der Waals surface area contributed by atoms with Crippen LogP contribution in [0.1, 0.15) is 32.3 Å². The third-order valence-electron chi connectivity index (χ3n) is 4.46. The highest BCUT2D eigenvalue weighted by molar-refractivity contribution is 5.83. The Morgan fingerprint density at radius 3 is 2.64 bits per heavy atom. The molecular formula is C18H26N2O2. The minimum Gasteiger partial charge on any atom is -0.356 e. The van der Waals surface area contributed by atoms with E-state index in [9.17, 15) is 9.59 Å². The lowest BCUT2D eigenvalue weighted by Gasteiger charge is -2.25. The zero-order valence-electron chi connectivity index (χ0n) is 13.5. The first-order chi connectivity index (χ1) is 10.6. The Labute approximate surface area is 132 Å². The number of hydrogen-bond donors (Lipinski definition) is 2. The third kappa shape index (κ3) is 4.86. The van der Waals surface area contributed by atoms with Crippen LogP contribution in [0.15, 0.2) is 30.3 Å². The van der Waals surface area contributed by atoms with E-state index in [1.165, 1.54) is 5.56 Å². The van der Waals surface area contributed by atoms with Gasteiger partial charge in [0.2, 0.25) is 11.8 Å². The molecule has 1 aromatic carbocycles. The molecule has 22 heavy (non-hydrogen) atoms. The number of piperidine rings is 1. The van der Waals surface area contributed by atoms with E-state index < -0.39 is 0 Å². The smallest absolute Gasteiger partial charge is 0.224 e. The highest BCUT2D eigenvalue weighted by Gasteiger charge is 2.25. The quantitative estimate of drug-likeness (QED) is 0.846. The van der Waals surface area contributed by atoms with Gasteiger partial charge in [0.05, 0.1) is 5.92 Å². The Bertz CT molecular complexity index is 489. The normalized spacial score (nSPS) is 19.6. The van der Waals surface area contributed by atoms with E-state index in [-0.39, 0.29) is 17.7 Å². The van der Waals surface area contributed by atoms with Crippen LogP contribution in [0.4, 0.5) is 0 Å². The summed E-state index contributed by atoms with van der Waals surface area (Å²) in [5.74, 6) is 0.963. The summed E-state index contributed by atoms with van der Waals surface area (Å²) >= 11 is 0. The van der Waals surface area contributed by atoms with E-state index in [4.69, 9.17) is 0 Å². The van der Waals surface area contributed by atoms with E-state index >= 15 is 0 Å². The van der Waals surface area contributed by atoms with Gasteiger partial charge in [0.15, 0.2) is 0 Å². The van der Waals surface area contributed by atoms with Crippen LogP contribution in [0, 0.1) is 17.8 Å². The number of benzene rings is 1. The molecule has 0 aliphatic carbocycles. The Morgan fingerprint density at radius 1 is 1.32 bits per heavy atom. The lowest BCUT2D eigenvalue weighted by molar-refractivity contribution is -0.129. The molecule has 1 saturated heterocycles. The highest BCUT2D eigenvalue weighted by atomic mass is 16.2. The standard InChI is InChI=1S/C18H26N2O2/c1-13(2)16(10-14-6-4-3-5-7-14)12-20-18(22)15-8-9-17(21)19-11-15/h3-7,13,15-16H,8-12H2,1-2H3,(H,19,21)(H,20,22)/t15-,16-/m1/s1. The molecule has 1 aliphatic rings. The minimum absolute atomic E-state index is 0.0492. The molecule has 4 heteroatoms. The van der Waals surface area contributed by atoms with Crippen molar-refractivity contribution in [3.8, 4) is 0 Å². The van der Waals surface area contributed by atoms with Gasteiger partial charge in [0.1, 0.15) is 0 Å². The molecular weight excluding hydrogens is 276 g/mol. The van der Waals surface area contributed by atoms with E-state index in [1.807, 2.05) is 6.07 Å². The summed E-state index contributed by atoms with van der Waals surface area (Å²) in [6.07, 6.45) is 2.08. The SMILES string of the molecule is CC(C)[C@@H](CNC(=O)[C@@H]1CCC(=O)NC1)Cc1ccccc1. The van der Waals surface area contributed by atoms with Crippen LogP contribution < -0.4 is 10.6 Å². The number of amides is 2. The maximum atomic E-state index is 12.2. The van der Waals surface area contributed by atoms with Gasteiger partial charge in [-0.1, -0.05) is 44.2 Å². The van der Waals surface area contributed by atoms with E-state index in [0.717, 1.165) is 6.42 Å². The number of rotatable bonds is 6. The van der Waals surface area contributed by atoms with Crippen molar-refractivity contribution in [1.29, 1.82) is 0 Å². The second-order valence-electron chi connectivity index (χ2n) is 6.48. The number of carbonyl (C=O) groups is 2. The molecule has 2 atom stereocenters. The fourth-order valence-corrected chi connectivity index (χ4v) is 2.79. The Kier molecular flexibility index (Phi) is 5.99. The Hall–Kier alpha value is -1.84. The van der Waals surface area contributed by atoms with Gasteiger partial charge in [-0.3, -0.25) is 9.59 Å². The van der Waals surface area contributed by atoms with Gasteiger partial charge in [-0.2, -0.15) is 0 Å². The molecule has 0 aromatic heterocycles. The minimum atomic E-state index is -0.0813. The van der Waals surface area contributed by atoms with Gasteiger partial charge >= 0.3 is 0 Å². The Morgan fingerprint density at radius 2 is 2.05 bits per heavy atom. The lowest BCUT2D eigenvalue weighted by atomic mass is 9.89. The van der Waals surface area contributed by atoms with Crippen molar-refractivity contribution in [2.75, 3.05) is 13.1 Å². The molecule has 1 fully saturated rings. The highest BCUT2D eigenvalue weighted by Crippen LogP contribution is 2.17. The average Bonchev–Trinajstić information content (AvgIpc) is 2.52. The van der Waals surface area contributed by atoms with Gasteiger partial charge < -0.3 is 10.6 Å². The van der Waals surface area contributed by atoms with Crippen molar-refractivity contribution in [1.82, 2.24) is 10.6 Å². The third-order valence-corrected chi connectivity index (χ3v) is 4.46. The summed E-state index contributed by atoms with van der Waals surface area (Å²) in [6, 6.07) is 10.4. The van der Waals surface area contributed by atoms with Gasteiger partial charge in [0, 0.05) is 19.5 Å². The summed E-state index contributed by atoms with van der Waals surface area (Å²) in [7, 11) is 0. The maximum absolute atomic E-state index is 12.2. The Balaban J connectivity index is 1.83. The summed E-state index contributed by atoms with van der Waals surface area (Å²) in [5.41, 5.74) is 1.31. The second kappa shape index (κ2) is 7.97. The van der Waals surface area contributed by atoms with Crippen molar-refractivity contribution in [3.05, 3.63) is 35.9 Å². The molecule has 1 aromatic rings. The number of hydrogen-bond acceptors (Lipinski definition) is 2. The summed E-state index contributed by atoms with van der Waals surface area (Å²) in [4.78, 5) is 23.4. The molecule has 120 valence electrons. The first-order valence-electron chi connectivity index (χ1n) is 8.14. The molecule has 1 heterocycles. The molecule has 0 bridgehead atoms. The van der Waals surface area contributed by atoms with E-state index in [0.29, 0.717) is 37.8 Å². The predicted octanol–water partition coefficient (Wildman–Crippen LogP) is 2.14. The molecule has 0 spiro atoms. The summed E-state index contributed by atoms with van der Waals surface area (Å²) in [6.45, 7) is 5.55. The zero-order chi connectivity index (χ0) is 15.9. The summed E-state index contributed by atoms with van der Waals surface area (Å²) in [5, 5.41) is 5.84. The molecule has 2 rings (SSSR count). The first kappa shape index (κ1) is 16.5. The van der Waals surface area contributed by atoms with Crippen LogP contribution >= 0.6 is 0 Å².